The maximum Gasteiger partial charge on any atom is 0.256 e. The van der Waals surface area contributed by atoms with Crippen LogP contribution >= 0.6 is 11.3 Å². The molecule has 24 heavy (non-hydrogen) atoms. The van der Waals surface area contributed by atoms with Crippen LogP contribution in [0.15, 0.2) is 41.1 Å². The molecule has 1 aromatic carbocycles. The summed E-state index contributed by atoms with van der Waals surface area (Å²) in [4.78, 5) is 24.7. The van der Waals surface area contributed by atoms with Gasteiger partial charge in [-0.2, -0.15) is 11.3 Å². The molecule has 2 rings (SSSR count). The van der Waals surface area contributed by atoms with Gasteiger partial charge in [0.2, 0.25) is 0 Å². The zero-order valence-electron chi connectivity index (χ0n) is 14.0. The fourth-order valence-electron chi connectivity index (χ4n) is 2.23. The molecule has 4 N–H and O–H groups in total. The summed E-state index contributed by atoms with van der Waals surface area (Å²) in [6, 6.07) is 8.70. The van der Waals surface area contributed by atoms with Gasteiger partial charge >= 0.3 is 0 Å². The average molecular weight is 345 g/mol. The summed E-state index contributed by atoms with van der Waals surface area (Å²) in [5, 5.41) is 9.28. The molecule has 0 fully saturated rings. The molecule has 1 aromatic heterocycles. The van der Waals surface area contributed by atoms with Crippen molar-refractivity contribution in [1.82, 2.24) is 5.32 Å². The van der Waals surface area contributed by atoms with Crippen molar-refractivity contribution >= 4 is 28.8 Å². The Kier molecular flexibility index (Phi) is 6.11. The normalized spacial score (nSPS) is 11.1. The molecule has 0 saturated carbocycles. The number of anilines is 1. The van der Waals surface area contributed by atoms with E-state index in [-0.39, 0.29) is 11.8 Å². The topological polar surface area (TPSA) is 84.2 Å². The molecular formula is C18H23N3O2S. The van der Waals surface area contributed by atoms with E-state index >= 15 is 0 Å². The summed E-state index contributed by atoms with van der Waals surface area (Å²) >= 11 is 1.45. The summed E-state index contributed by atoms with van der Waals surface area (Å²) in [5.74, 6) is -0.472. The number of nitrogens with two attached hydrogens (primary N) is 1. The van der Waals surface area contributed by atoms with E-state index in [1.165, 1.54) is 11.3 Å². The zero-order chi connectivity index (χ0) is 17.6. The lowest BCUT2D eigenvalue weighted by atomic mass is 9.94. The Morgan fingerprint density at radius 1 is 1.12 bits per heavy atom. The largest absolute Gasteiger partial charge is 0.350 e. The Morgan fingerprint density at radius 3 is 2.46 bits per heavy atom. The summed E-state index contributed by atoms with van der Waals surface area (Å²) in [6.45, 7) is 4.40. The van der Waals surface area contributed by atoms with E-state index in [4.69, 9.17) is 5.73 Å². The van der Waals surface area contributed by atoms with Gasteiger partial charge in [0.15, 0.2) is 0 Å². The Labute approximate surface area is 146 Å². The van der Waals surface area contributed by atoms with Crippen molar-refractivity contribution in [3.63, 3.8) is 0 Å². The minimum Gasteiger partial charge on any atom is -0.350 e. The highest BCUT2D eigenvalue weighted by Gasteiger charge is 2.22. The molecule has 128 valence electrons. The maximum atomic E-state index is 12.5. The van der Waals surface area contributed by atoms with Crippen LogP contribution in [-0.4, -0.2) is 23.9 Å². The van der Waals surface area contributed by atoms with Crippen LogP contribution in [0.3, 0.4) is 0 Å². The minimum atomic E-state index is -0.412. The number of hydrogen-bond acceptors (Lipinski definition) is 4. The van der Waals surface area contributed by atoms with Gasteiger partial charge in [0.05, 0.1) is 16.8 Å². The van der Waals surface area contributed by atoms with Gasteiger partial charge in [-0.1, -0.05) is 26.0 Å². The van der Waals surface area contributed by atoms with Crippen LogP contribution in [0.5, 0.6) is 0 Å². The fourth-order valence-corrected chi connectivity index (χ4v) is 2.87. The van der Waals surface area contributed by atoms with E-state index in [1.54, 1.807) is 35.7 Å². The molecule has 5 nitrogen and oxygen atoms in total. The second kappa shape index (κ2) is 8.08. The molecular weight excluding hydrogens is 322 g/mol. The predicted octanol–water partition coefficient (Wildman–Crippen LogP) is 3.25. The second-order valence-electron chi connectivity index (χ2n) is 5.76. The molecule has 0 bridgehead atoms. The average Bonchev–Trinajstić information content (AvgIpc) is 3.14. The quantitative estimate of drug-likeness (QED) is 0.720. The van der Waals surface area contributed by atoms with E-state index in [2.05, 4.69) is 10.6 Å². The van der Waals surface area contributed by atoms with Crippen molar-refractivity contribution in [3.8, 4) is 0 Å². The molecule has 6 heteroatoms. The smallest absolute Gasteiger partial charge is 0.256 e. The van der Waals surface area contributed by atoms with Crippen LogP contribution in [0.1, 0.15) is 47.4 Å². The number of hydrogen-bond donors (Lipinski definition) is 3. The van der Waals surface area contributed by atoms with E-state index < -0.39 is 5.54 Å². The molecule has 0 aliphatic rings. The molecule has 2 aromatic rings. The van der Waals surface area contributed by atoms with Crippen LogP contribution in [0.25, 0.3) is 0 Å². The first kappa shape index (κ1) is 18.2. The van der Waals surface area contributed by atoms with Crippen LogP contribution in [0.4, 0.5) is 5.69 Å². The molecule has 2 amide bonds. The Morgan fingerprint density at radius 2 is 1.83 bits per heavy atom. The van der Waals surface area contributed by atoms with Gasteiger partial charge in [-0.25, -0.2) is 0 Å². The SMILES string of the molecule is CCC(N)(CC)CNC(=O)c1ccccc1NC(=O)c1ccsc1. The number of carbonyl (C=O) groups is 2. The first-order valence-electron chi connectivity index (χ1n) is 7.98. The molecule has 0 saturated heterocycles. The third-order valence-electron chi connectivity index (χ3n) is 4.21. The third kappa shape index (κ3) is 4.43. The van der Waals surface area contributed by atoms with E-state index in [0.717, 1.165) is 12.8 Å². The number of para-hydroxylation sites is 1. The number of rotatable bonds is 7. The van der Waals surface area contributed by atoms with Crippen molar-refractivity contribution in [2.24, 2.45) is 5.73 Å². The van der Waals surface area contributed by atoms with Gasteiger partial charge in [0.25, 0.3) is 11.8 Å². The minimum absolute atomic E-state index is 0.230. The lowest BCUT2D eigenvalue weighted by Crippen LogP contribution is -2.49. The van der Waals surface area contributed by atoms with Gasteiger partial charge in [-0.3, -0.25) is 9.59 Å². The number of nitrogens with one attached hydrogen (secondary N) is 2. The Bertz CT molecular complexity index is 694. The third-order valence-corrected chi connectivity index (χ3v) is 4.90. The fraction of sp³-hybridized carbons (Fsp3) is 0.333. The van der Waals surface area contributed by atoms with Gasteiger partial charge in [0, 0.05) is 17.5 Å². The molecule has 1 heterocycles. The van der Waals surface area contributed by atoms with Crippen LogP contribution in [0.2, 0.25) is 0 Å². The summed E-state index contributed by atoms with van der Waals surface area (Å²) < 4.78 is 0. The maximum absolute atomic E-state index is 12.5. The van der Waals surface area contributed by atoms with Crippen molar-refractivity contribution in [2.45, 2.75) is 32.2 Å². The first-order valence-corrected chi connectivity index (χ1v) is 8.93. The highest BCUT2D eigenvalue weighted by atomic mass is 32.1. The van der Waals surface area contributed by atoms with E-state index in [1.807, 2.05) is 19.2 Å². The molecule has 0 unspecified atom stereocenters. The van der Waals surface area contributed by atoms with E-state index in [9.17, 15) is 9.59 Å². The monoisotopic (exact) mass is 345 g/mol. The van der Waals surface area contributed by atoms with Crippen LogP contribution in [-0.2, 0) is 0 Å². The van der Waals surface area contributed by atoms with Crippen LogP contribution in [0, 0.1) is 0 Å². The van der Waals surface area contributed by atoms with Crippen molar-refractivity contribution in [1.29, 1.82) is 0 Å². The second-order valence-corrected chi connectivity index (χ2v) is 6.54. The molecule has 0 atom stereocenters. The highest BCUT2D eigenvalue weighted by Crippen LogP contribution is 2.18. The standard InChI is InChI=1S/C18H23N3O2S/c1-3-18(19,4-2)12-20-17(23)14-7-5-6-8-15(14)21-16(22)13-9-10-24-11-13/h5-11H,3-4,12,19H2,1-2H3,(H,20,23)(H,21,22). The van der Waals surface area contributed by atoms with Gasteiger partial charge in [-0.15, -0.1) is 0 Å². The van der Waals surface area contributed by atoms with Crippen LogP contribution < -0.4 is 16.4 Å². The summed E-state index contributed by atoms with van der Waals surface area (Å²) in [5.41, 5.74) is 7.30. The Balaban J connectivity index is 2.10. The van der Waals surface area contributed by atoms with Crippen molar-refractivity contribution < 1.29 is 9.59 Å². The number of carbonyl (C=O) groups excluding carboxylic acids is 2. The lowest BCUT2D eigenvalue weighted by molar-refractivity contribution is 0.0943. The molecule has 0 radical (unpaired) electrons. The molecule has 0 spiro atoms. The van der Waals surface area contributed by atoms with Crippen molar-refractivity contribution in [3.05, 3.63) is 52.2 Å². The lowest BCUT2D eigenvalue weighted by Gasteiger charge is -2.27. The number of amides is 2. The molecule has 0 aliphatic carbocycles. The summed E-state index contributed by atoms with van der Waals surface area (Å²) in [6.07, 6.45) is 1.56. The first-order chi connectivity index (χ1) is 11.5. The van der Waals surface area contributed by atoms with Gasteiger partial charge in [-0.05, 0) is 36.4 Å². The summed E-state index contributed by atoms with van der Waals surface area (Å²) in [7, 11) is 0. The highest BCUT2D eigenvalue weighted by molar-refractivity contribution is 7.08. The number of thiophene rings is 1. The van der Waals surface area contributed by atoms with Gasteiger partial charge < -0.3 is 16.4 Å². The predicted molar refractivity (Wildman–Crippen MR) is 98.5 cm³/mol. The molecule has 0 aliphatic heterocycles. The number of benzene rings is 1. The Hall–Kier alpha value is -2.18. The van der Waals surface area contributed by atoms with Crippen molar-refractivity contribution in [2.75, 3.05) is 11.9 Å². The van der Waals surface area contributed by atoms with Gasteiger partial charge in [0.1, 0.15) is 0 Å². The van der Waals surface area contributed by atoms with E-state index in [0.29, 0.717) is 23.4 Å². The zero-order valence-corrected chi connectivity index (χ0v) is 14.8.